The molecular weight excluding hydrogens is 358 g/mol. The van der Waals surface area contributed by atoms with Crippen LogP contribution in [0.2, 0.25) is 5.02 Å². The zero-order chi connectivity index (χ0) is 17.8. The fourth-order valence-corrected chi connectivity index (χ4v) is 3.23. The van der Waals surface area contributed by atoms with Crippen LogP contribution >= 0.6 is 22.9 Å². The number of carbonyl (C=O) groups is 1. The van der Waals surface area contributed by atoms with Gasteiger partial charge in [-0.05, 0) is 36.8 Å². The predicted octanol–water partition coefficient (Wildman–Crippen LogP) is 5.14. The van der Waals surface area contributed by atoms with Crippen molar-refractivity contribution in [3.63, 3.8) is 0 Å². The Labute approximate surface area is 155 Å². The van der Waals surface area contributed by atoms with Gasteiger partial charge in [0.2, 0.25) is 5.88 Å². The minimum absolute atomic E-state index is 0.353. The summed E-state index contributed by atoms with van der Waals surface area (Å²) < 4.78 is 10.5. The van der Waals surface area contributed by atoms with Crippen molar-refractivity contribution in [3.05, 3.63) is 69.6 Å². The number of hydrogen-bond acceptors (Lipinski definition) is 5. The molecule has 1 aromatic heterocycles. The first-order chi connectivity index (χ1) is 12.1. The van der Waals surface area contributed by atoms with E-state index in [4.69, 9.17) is 21.1 Å². The lowest BCUT2D eigenvalue weighted by Crippen LogP contribution is -2.00. The van der Waals surface area contributed by atoms with Gasteiger partial charge in [0.05, 0.1) is 17.6 Å². The van der Waals surface area contributed by atoms with Crippen molar-refractivity contribution >= 4 is 28.9 Å². The molecule has 0 aliphatic carbocycles. The monoisotopic (exact) mass is 373 g/mol. The first-order valence-electron chi connectivity index (χ1n) is 7.60. The normalized spacial score (nSPS) is 10.5. The largest absolute Gasteiger partial charge is 0.472 e. The van der Waals surface area contributed by atoms with Crippen LogP contribution in [-0.2, 0) is 11.3 Å². The predicted molar refractivity (Wildman–Crippen MR) is 99.4 cm³/mol. The maximum absolute atomic E-state index is 11.5. The van der Waals surface area contributed by atoms with E-state index in [1.807, 2.05) is 43.3 Å². The summed E-state index contributed by atoms with van der Waals surface area (Å²) in [5.74, 6) is 0.265. The molecule has 0 N–H and O–H groups in total. The molecule has 0 aliphatic rings. The zero-order valence-electron chi connectivity index (χ0n) is 13.8. The minimum Gasteiger partial charge on any atom is -0.472 e. The number of methoxy groups -OCH3 is 1. The van der Waals surface area contributed by atoms with Gasteiger partial charge < -0.3 is 9.47 Å². The number of halogens is 1. The van der Waals surface area contributed by atoms with Crippen molar-refractivity contribution in [2.75, 3.05) is 7.11 Å². The van der Waals surface area contributed by atoms with Gasteiger partial charge in [-0.3, -0.25) is 0 Å². The number of benzene rings is 2. The summed E-state index contributed by atoms with van der Waals surface area (Å²) in [5, 5.41) is 1.55. The molecular formula is C19H16ClNO3S. The van der Waals surface area contributed by atoms with Gasteiger partial charge in [-0.1, -0.05) is 35.9 Å². The van der Waals surface area contributed by atoms with E-state index in [0.29, 0.717) is 23.1 Å². The van der Waals surface area contributed by atoms with Crippen LogP contribution in [0.3, 0.4) is 0 Å². The van der Waals surface area contributed by atoms with Gasteiger partial charge in [0.25, 0.3) is 0 Å². The molecule has 0 aliphatic heterocycles. The highest BCUT2D eigenvalue weighted by molar-refractivity contribution is 7.15. The number of rotatable bonds is 5. The summed E-state index contributed by atoms with van der Waals surface area (Å²) in [5.41, 5.74) is 2.47. The van der Waals surface area contributed by atoms with Crippen LogP contribution < -0.4 is 4.74 Å². The molecule has 6 heteroatoms. The van der Waals surface area contributed by atoms with Gasteiger partial charge in [0.15, 0.2) is 0 Å². The van der Waals surface area contributed by atoms with Crippen LogP contribution in [0.15, 0.2) is 48.5 Å². The molecule has 0 atom stereocenters. The number of thiazole rings is 1. The maximum atomic E-state index is 11.5. The van der Waals surface area contributed by atoms with Crippen molar-refractivity contribution < 1.29 is 14.3 Å². The van der Waals surface area contributed by atoms with E-state index in [1.165, 1.54) is 7.11 Å². The van der Waals surface area contributed by atoms with E-state index >= 15 is 0 Å². The number of carbonyl (C=O) groups excluding carboxylic acids is 1. The molecule has 2 aromatic carbocycles. The van der Waals surface area contributed by atoms with Crippen molar-refractivity contribution in [1.29, 1.82) is 0 Å². The highest BCUT2D eigenvalue weighted by Gasteiger charge is 2.12. The van der Waals surface area contributed by atoms with E-state index in [-0.39, 0.29) is 5.97 Å². The van der Waals surface area contributed by atoms with Gasteiger partial charge in [-0.15, -0.1) is 11.3 Å². The van der Waals surface area contributed by atoms with Crippen LogP contribution in [0.4, 0.5) is 0 Å². The molecule has 0 fully saturated rings. The molecule has 4 nitrogen and oxygen atoms in total. The third-order valence-electron chi connectivity index (χ3n) is 3.60. The average molecular weight is 374 g/mol. The summed E-state index contributed by atoms with van der Waals surface area (Å²) in [6, 6.07) is 14.7. The number of esters is 1. The van der Waals surface area contributed by atoms with Crippen LogP contribution in [0, 0.1) is 6.92 Å². The standard InChI is InChI=1S/C19H16ClNO3S/c1-12-17(24-11-13-3-9-16(20)10-4-13)21-18(25-12)14-5-7-15(8-6-14)19(22)23-2/h3-10H,11H2,1-2H3. The molecule has 1 heterocycles. The van der Waals surface area contributed by atoms with E-state index in [1.54, 1.807) is 23.5 Å². The summed E-state index contributed by atoms with van der Waals surface area (Å²) in [7, 11) is 1.37. The van der Waals surface area contributed by atoms with Crippen LogP contribution in [0.5, 0.6) is 5.88 Å². The Hall–Kier alpha value is -2.37. The third-order valence-corrected chi connectivity index (χ3v) is 4.85. The Balaban J connectivity index is 1.73. The van der Waals surface area contributed by atoms with Gasteiger partial charge in [-0.25, -0.2) is 9.78 Å². The Morgan fingerprint density at radius 1 is 1.12 bits per heavy atom. The SMILES string of the molecule is COC(=O)c1ccc(-c2nc(OCc3ccc(Cl)cc3)c(C)s2)cc1. The lowest BCUT2D eigenvalue weighted by molar-refractivity contribution is 0.0601. The van der Waals surface area contributed by atoms with Crippen molar-refractivity contribution in [2.45, 2.75) is 13.5 Å². The molecule has 0 unspecified atom stereocenters. The first-order valence-corrected chi connectivity index (χ1v) is 8.79. The molecule has 3 rings (SSSR count). The number of aryl methyl sites for hydroxylation is 1. The van der Waals surface area contributed by atoms with Crippen LogP contribution in [0.1, 0.15) is 20.8 Å². The Kier molecular flexibility index (Phi) is 5.36. The molecule has 3 aromatic rings. The molecule has 0 bridgehead atoms. The Morgan fingerprint density at radius 3 is 2.44 bits per heavy atom. The van der Waals surface area contributed by atoms with E-state index in [2.05, 4.69) is 4.98 Å². The summed E-state index contributed by atoms with van der Waals surface area (Å²) in [6.45, 7) is 2.41. The second kappa shape index (κ2) is 7.68. The molecule has 0 spiro atoms. The van der Waals surface area contributed by atoms with Crippen molar-refractivity contribution in [2.24, 2.45) is 0 Å². The van der Waals surface area contributed by atoms with Gasteiger partial charge in [0.1, 0.15) is 11.6 Å². The summed E-state index contributed by atoms with van der Waals surface area (Å²) >= 11 is 7.44. The number of ether oxygens (including phenoxy) is 2. The fourth-order valence-electron chi connectivity index (χ4n) is 2.24. The van der Waals surface area contributed by atoms with E-state index in [9.17, 15) is 4.79 Å². The van der Waals surface area contributed by atoms with Crippen LogP contribution in [0.25, 0.3) is 10.6 Å². The van der Waals surface area contributed by atoms with E-state index in [0.717, 1.165) is 21.0 Å². The molecule has 128 valence electrons. The molecule has 0 saturated carbocycles. The molecule has 25 heavy (non-hydrogen) atoms. The number of aromatic nitrogens is 1. The average Bonchev–Trinajstić information content (AvgIpc) is 3.01. The summed E-state index contributed by atoms with van der Waals surface area (Å²) in [4.78, 5) is 17.1. The van der Waals surface area contributed by atoms with Crippen molar-refractivity contribution in [3.8, 4) is 16.5 Å². The topological polar surface area (TPSA) is 48.4 Å². The Bertz CT molecular complexity index is 873. The van der Waals surface area contributed by atoms with Gasteiger partial charge >= 0.3 is 5.97 Å². The lowest BCUT2D eigenvalue weighted by Gasteiger charge is -2.04. The minimum atomic E-state index is -0.353. The lowest BCUT2D eigenvalue weighted by atomic mass is 10.1. The highest BCUT2D eigenvalue weighted by Crippen LogP contribution is 2.32. The quantitative estimate of drug-likeness (QED) is 0.581. The second-order valence-electron chi connectivity index (χ2n) is 5.36. The molecule has 0 amide bonds. The van der Waals surface area contributed by atoms with Crippen molar-refractivity contribution in [1.82, 2.24) is 4.98 Å². The smallest absolute Gasteiger partial charge is 0.337 e. The second-order valence-corrected chi connectivity index (χ2v) is 7.00. The molecule has 0 saturated heterocycles. The fraction of sp³-hybridized carbons (Fsp3) is 0.158. The number of nitrogens with zero attached hydrogens (tertiary/aromatic N) is 1. The van der Waals surface area contributed by atoms with Gasteiger partial charge in [-0.2, -0.15) is 0 Å². The highest BCUT2D eigenvalue weighted by atomic mass is 35.5. The van der Waals surface area contributed by atoms with Crippen LogP contribution in [-0.4, -0.2) is 18.1 Å². The van der Waals surface area contributed by atoms with E-state index < -0.39 is 0 Å². The molecule has 0 radical (unpaired) electrons. The third kappa shape index (κ3) is 4.18. The maximum Gasteiger partial charge on any atom is 0.337 e. The zero-order valence-corrected chi connectivity index (χ0v) is 15.4. The first kappa shape index (κ1) is 17.5. The summed E-state index contributed by atoms with van der Waals surface area (Å²) in [6.07, 6.45) is 0. The number of hydrogen-bond donors (Lipinski definition) is 0. The Morgan fingerprint density at radius 2 is 1.80 bits per heavy atom. The van der Waals surface area contributed by atoms with Gasteiger partial charge in [0, 0.05) is 10.6 Å².